The smallest absolute Gasteiger partial charge is 0.234 e. The van der Waals surface area contributed by atoms with E-state index in [-0.39, 0.29) is 17.0 Å². The molecule has 1 atom stereocenters. The maximum Gasteiger partial charge on any atom is 0.234 e. The highest BCUT2D eigenvalue weighted by atomic mass is 32.2. The van der Waals surface area contributed by atoms with Gasteiger partial charge in [0.2, 0.25) is 5.91 Å². The second kappa shape index (κ2) is 6.95. The van der Waals surface area contributed by atoms with Gasteiger partial charge >= 0.3 is 0 Å². The lowest BCUT2D eigenvalue weighted by Gasteiger charge is -2.32. The molecule has 1 aromatic carbocycles. The quantitative estimate of drug-likeness (QED) is 0.864. The van der Waals surface area contributed by atoms with Crippen LogP contribution in [0.4, 0.5) is 4.39 Å². The third-order valence-electron chi connectivity index (χ3n) is 3.78. The van der Waals surface area contributed by atoms with Crippen molar-refractivity contribution >= 4 is 17.7 Å². The zero-order chi connectivity index (χ0) is 15.3. The van der Waals surface area contributed by atoms with Crippen LogP contribution in [0.15, 0.2) is 29.2 Å². The van der Waals surface area contributed by atoms with Crippen LogP contribution < -0.4 is 5.32 Å². The van der Waals surface area contributed by atoms with Crippen LogP contribution in [0.5, 0.6) is 0 Å². The number of hydrogen-bond acceptors (Lipinski definition) is 3. The summed E-state index contributed by atoms with van der Waals surface area (Å²) in [5.74, 6) is -0.421. The zero-order valence-corrected chi connectivity index (χ0v) is 12.9. The molecule has 112 valence electrons. The Hall–Kier alpha value is -1.54. The lowest BCUT2D eigenvalue weighted by Crippen LogP contribution is -2.50. The molecule has 1 aliphatic rings. The van der Waals surface area contributed by atoms with Crippen molar-refractivity contribution in [1.29, 1.82) is 5.26 Å². The molecule has 1 amide bonds. The molecule has 0 aliphatic heterocycles. The second-order valence-electron chi connectivity index (χ2n) is 5.46. The van der Waals surface area contributed by atoms with E-state index in [1.54, 1.807) is 19.1 Å². The van der Waals surface area contributed by atoms with Crippen LogP contribution in [0.3, 0.4) is 0 Å². The van der Waals surface area contributed by atoms with E-state index >= 15 is 0 Å². The van der Waals surface area contributed by atoms with E-state index in [4.69, 9.17) is 0 Å². The summed E-state index contributed by atoms with van der Waals surface area (Å²) in [5.41, 5.74) is -0.701. The molecule has 0 heterocycles. The predicted octanol–water partition coefficient (Wildman–Crippen LogP) is 3.65. The van der Waals surface area contributed by atoms with Crippen molar-refractivity contribution in [2.24, 2.45) is 0 Å². The standard InChI is InChI=1S/C16H19FN2OS/c1-12(21-14-7-5-13(17)6-8-14)15(20)19-16(11-18)9-3-2-4-10-16/h5-8,12H,2-4,9-10H2,1H3,(H,19,20)/t12-/m1/s1. The van der Waals surface area contributed by atoms with E-state index in [0.29, 0.717) is 0 Å². The molecule has 1 aliphatic carbocycles. The number of nitriles is 1. The lowest BCUT2D eigenvalue weighted by atomic mass is 9.83. The SMILES string of the molecule is C[C@@H](Sc1ccc(F)cc1)C(=O)NC1(C#N)CCCCC1. The summed E-state index contributed by atoms with van der Waals surface area (Å²) in [6.45, 7) is 1.80. The molecule has 5 heteroatoms. The van der Waals surface area contributed by atoms with Crippen LogP contribution in [0, 0.1) is 17.1 Å². The number of hydrogen-bond donors (Lipinski definition) is 1. The number of benzene rings is 1. The molecule has 0 spiro atoms. The van der Waals surface area contributed by atoms with Gasteiger partial charge in [-0.2, -0.15) is 5.26 Å². The molecule has 1 saturated carbocycles. The fourth-order valence-electron chi connectivity index (χ4n) is 2.53. The molecule has 21 heavy (non-hydrogen) atoms. The highest BCUT2D eigenvalue weighted by Crippen LogP contribution is 2.29. The van der Waals surface area contributed by atoms with E-state index in [1.165, 1.54) is 23.9 Å². The summed E-state index contributed by atoms with van der Waals surface area (Å²) in [5, 5.41) is 12.0. The lowest BCUT2D eigenvalue weighted by molar-refractivity contribution is -0.121. The Bertz CT molecular complexity index is 532. The Morgan fingerprint density at radius 2 is 1.95 bits per heavy atom. The van der Waals surface area contributed by atoms with Gasteiger partial charge < -0.3 is 5.32 Å². The molecule has 2 rings (SSSR count). The summed E-state index contributed by atoms with van der Waals surface area (Å²) in [6, 6.07) is 8.36. The average molecular weight is 306 g/mol. The number of halogens is 1. The molecule has 0 bridgehead atoms. The van der Waals surface area contributed by atoms with Gasteiger partial charge in [-0.15, -0.1) is 11.8 Å². The molecule has 0 radical (unpaired) electrons. The van der Waals surface area contributed by atoms with Gasteiger partial charge in [-0.3, -0.25) is 4.79 Å². The van der Waals surface area contributed by atoms with Crippen molar-refractivity contribution < 1.29 is 9.18 Å². The number of nitrogens with zero attached hydrogens (tertiary/aromatic N) is 1. The molecule has 3 nitrogen and oxygen atoms in total. The number of amides is 1. The Morgan fingerprint density at radius 1 is 1.33 bits per heavy atom. The van der Waals surface area contributed by atoms with Crippen LogP contribution in [0.2, 0.25) is 0 Å². The van der Waals surface area contributed by atoms with Crippen LogP contribution in [0.25, 0.3) is 0 Å². The van der Waals surface area contributed by atoms with Gasteiger partial charge in [0.25, 0.3) is 0 Å². The summed E-state index contributed by atoms with van der Waals surface area (Å²) in [6.07, 6.45) is 4.53. The molecule has 1 N–H and O–H groups in total. The minimum atomic E-state index is -0.701. The van der Waals surface area contributed by atoms with Crippen molar-refractivity contribution in [1.82, 2.24) is 5.32 Å². The van der Waals surface area contributed by atoms with E-state index in [0.717, 1.165) is 37.0 Å². The van der Waals surface area contributed by atoms with Crippen molar-refractivity contribution in [3.8, 4) is 6.07 Å². The third kappa shape index (κ3) is 4.21. The number of rotatable bonds is 4. The summed E-state index contributed by atoms with van der Waals surface area (Å²) >= 11 is 1.37. The fourth-order valence-corrected chi connectivity index (χ4v) is 3.40. The van der Waals surface area contributed by atoms with Gasteiger partial charge in [0, 0.05) is 4.90 Å². The number of carbonyl (C=O) groups is 1. The van der Waals surface area contributed by atoms with Crippen molar-refractivity contribution in [3.05, 3.63) is 30.1 Å². The largest absolute Gasteiger partial charge is 0.337 e. The van der Waals surface area contributed by atoms with Crippen LogP contribution in [-0.2, 0) is 4.79 Å². The molecular formula is C16H19FN2OS. The van der Waals surface area contributed by atoms with E-state index in [9.17, 15) is 14.4 Å². The topological polar surface area (TPSA) is 52.9 Å². The van der Waals surface area contributed by atoms with Crippen LogP contribution in [0.1, 0.15) is 39.0 Å². The van der Waals surface area contributed by atoms with Gasteiger partial charge in [-0.1, -0.05) is 19.3 Å². The maximum absolute atomic E-state index is 12.9. The van der Waals surface area contributed by atoms with Crippen molar-refractivity contribution in [2.75, 3.05) is 0 Å². The van der Waals surface area contributed by atoms with E-state index < -0.39 is 5.54 Å². The Kier molecular flexibility index (Phi) is 5.24. The van der Waals surface area contributed by atoms with E-state index in [1.807, 2.05) is 0 Å². The minimum absolute atomic E-state index is 0.132. The first kappa shape index (κ1) is 15.8. The van der Waals surface area contributed by atoms with Gasteiger partial charge in [-0.25, -0.2) is 4.39 Å². The van der Waals surface area contributed by atoms with Crippen molar-refractivity contribution in [2.45, 2.75) is 54.7 Å². The van der Waals surface area contributed by atoms with Gasteiger partial charge in [0.05, 0.1) is 11.3 Å². The summed E-state index contributed by atoms with van der Waals surface area (Å²) in [4.78, 5) is 13.1. The average Bonchev–Trinajstić information content (AvgIpc) is 2.50. The summed E-state index contributed by atoms with van der Waals surface area (Å²) in [7, 11) is 0. The molecule has 0 aromatic heterocycles. The normalized spacial score (nSPS) is 18.5. The number of nitrogens with one attached hydrogen (secondary N) is 1. The number of thioether (sulfide) groups is 1. The second-order valence-corrected chi connectivity index (χ2v) is 6.87. The minimum Gasteiger partial charge on any atom is -0.337 e. The molecule has 1 aromatic rings. The Labute approximate surface area is 128 Å². The third-order valence-corrected chi connectivity index (χ3v) is 4.89. The highest BCUT2D eigenvalue weighted by Gasteiger charge is 2.34. The first-order valence-corrected chi connectivity index (χ1v) is 8.08. The number of carbonyl (C=O) groups excluding carboxylic acids is 1. The monoisotopic (exact) mass is 306 g/mol. The zero-order valence-electron chi connectivity index (χ0n) is 12.1. The first-order valence-electron chi connectivity index (χ1n) is 7.20. The first-order chi connectivity index (χ1) is 10.0. The molecule has 0 unspecified atom stereocenters. The molecule has 0 saturated heterocycles. The summed E-state index contributed by atoms with van der Waals surface area (Å²) < 4.78 is 12.9. The maximum atomic E-state index is 12.9. The van der Waals surface area contributed by atoms with Crippen molar-refractivity contribution in [3.63, 3.8) is 0 Å². The van der Waals surface area contributed by atoms with Gasteiger partial charge in [0.1, 0.15) is 11.4 Å². The fraction of sp³-hybridized carbons (Fsp3) is 0.500. The Morgan fingerprint density at radius 3 is 2.52 bits per heavy atom. The van der Waals surface area contributed by atoms with E-state index in [2.05, 4.69) is 11.4 Å². The van der Waals surface area contributed by atoms with Crippen LogP contribution in [-0.4, -0.2) is 16.7 Å². The molecular weight excluding hydrogens is 287 g/mol. The van der Waals surface area contributed by atoms with Crippen LogP contribution >= 0.6 is 11.8 Å². The highest BCUT2D eigenvalue weighted by molar-refractivity contribution is 8.00. The van der Waals surface area contributed by atoms with Gasteiger partial charge in [-0.05, 0) is 44.0 Å². The molecule has 1 fully saturated rings. The Balaban J connectivity index is 1.95. The van der Waals surface area contributed by atoms with Gasteiger partial charge in [0.15, 0.2) is 0 Å². The predicted molar refractivity (Wildman–Crippen MR) is 81.3 cm³/mol.